The number of hydrogen-bond donors (Lipinski definition) is 1. The fourth-order valence-corrected chi connectivity index (χ4v) is 4.30. The molecule has 0 aromatic heterocycles. The molecule has 0 aliphatic rings. The van der Waals surface area contributed by atoms with Crippen molar-refractivity contribution in [1.29, 1.82) is 0 Å². The third-order valence-electron chi connectivity index (χ3n) is 6.41. The highest BCUT2D eigenvalue weighted by molar-refractivity contribution is 5.78. The van der Waals surface area contributed by atoms with Gasteiger partial charge in [0.05, 0.1) is 0 Å². The van der Waals surface area contributed by atoms with Crippen molar-refractivity contribution in [2.24, 2.45) is 0 Å². The standard InChI is InChI=1S/C28H54O3/c1-2-3-4-5-6-7-8-9-12-15-18-21-24-27(29)25-22-19-16-13-10-11-14-17-20-23-26-28(30)31/h2-26H2,1H3,(H,30,31). The maximum absolute atomic E-state index is 12.0. The summed E-state index contributed by atoms with van der Waals surface area (Å²) >= 11 is 0. The largest absolute Gasteiger partial charge is 0.481 e. The van der Waals surface area contributed by atoms with Crippen LogP contribution in [0.25, 0.3) is 0 Å². The SMILES string of the molecule is CCCCCCCCCCCCCCC(=O)CCCCCCCCCCCCC(=O)O. The molecule has 0 rings (SSSR count). The number of Topliss-reactive ketones (excluding diaryl/α,β-unsaturated/α-hetero) is 1. The number of carbonyl (C=O) groups excluding carboxylic acids is 1. The number of aliphatic carboxylic acids is 1. The second-order valence-corrected chi connectivity index (χ2v) is 9.61. The van der Waals surface area contributed by atoms with Crippen molar-refractivity contribution >= 4 is 11.8 Å². The van der Waals surface area contributed by atoms with Crippen LogP contribution in [0, 0.1) is 0 Å². The maximum Gasteiger partial charge on any atom is 0.303 e. The van der Waals surface area contributed by atoms with Crippen LogP contribution in [0.3, 0.4) is 0 Å². The maximum atomic E-state index is 12.0. The predicted octanol–water partition coefficient (Wildman–Crippen LogP) is 9.41. The van der Waals surface area contributed by atoms with E-state index in [1.54, 1.807) is 0 Å². The molecule has 0 aliphatic carbocycles. The first-order valence-electron chi connectivity index (χ1n) is 13.9. The topological polar surface area (TPSA) is 54.4 Å². The molecule has 0 fully saturated rings. The molecule has 0 aromatic rings. The summed E-state index contributed by atoms with van der Waals surface area (Å²) in [6.07, 6.45) is 29.7. The Kier molecular flexibility index (Phi) is 24.7. The quantitative estimate of drug-likeness (QED) is 0.137. The van der Waals surface area contributed by atoms with Crippen LogP contribution in [0.1, 0.15) is 167 Å². The first kappa shape index (κ1) is 30.1. The lowest BCUT2D eigenvalue weighted by Gasteiger charge is -2.04. The second-order valence-electron chi connectivity index (χ2n) is 9.61. The normalized spacial score (nSPS) is 11.1. The summed E-state index contributed by atoms with van der Waals surface area (Å²) in [5.41, 5.74) is 0. The highest BCUT2D eigenvalue weighted by Gasteiger charge is 2.02. The van der Waals surface area contributed by atoms with E-state index in [0.717, 1.165) is 38.5 Å². The van der Waals surface area contributed by atoms with Crippen LogP contribution in [0.2, 0.25) is 0 Å². The van der Waals surface area contributed by atoms with Crippen LogP contribution in [-0.2, 0) is 9.59 Å². The highest BCUT2D eigenvalue weighted by atomic mass is 16.4. The average molecular weight is 439 g/mol. The molecule has 0 heterocycles. The van der Waals surface area contributed by atoms with E-state index in [4.69, 9.17) is 5.11 Å². The van der Waals surface area contributed by atoms with Gasteiger partial charge >= 0.3 is 5.97 Å². The summed E-state index contributed by atoms with van der Waals surface area (Å²) in [5.74, 6) is -0.194. The van der Waals surface area contributed by atoms with Gasteiger partial charge < -0.3 is 5.11 Å². The van der Waals surface area contributed by atoms with Crippen molar-refractivity contribution in [1.82, 2.24) is 0 Å². The molecule has 184 valence electrons. The van der Waals surface area contributed by atoms with Crippen LogP contribution in [0.15, 0.2) is 0 Å². The van der Waals surface area contributed by atoms with Crippen LogP contribution >= 0.6 is 0 Å². The molecule has 0 bridgehead atoms. The lowest BCUT2D eigenvalue weighted by Crippen LogP contribution is -1.97. The van der Waals surface area contributed by atoms with Crippen LogP contribution in [0.5, 0.6) is 0 Å². The predicted molar refractivity (Wildman–Crippen MR) is 134 cm³/mol. The average Bonchev–Trinajstić information content (AvgIpc) is 2.75. The summed E-state index contributed by atoms with van der Waals surface area (Å²) in [4.78, 5) is 22.4. The van der Waals surface area contributed by atoms with E-state index in [-0.39, 0.29) is 0 Å². The number of carboxylic acids is 1. The summed E-state index contributed by atoms with van der Waals surface area (Å²) in [5, 5.41) is 8.59. The van der Waals surface area contributed by atoms with Crippen molar-refractivity contribution in [2.75, 3.05) is 0 Å². The van der Waals surface area contributed by atoms with Gasteiger partial charge in [0.1, 0.15) is 5.78 Å². The van der Waals surface area contributed by atoms with Crippen molar-refractivity contribution in [3.05, 3.63) is 0 Å². The van der Waals surface area contributed by atoms with Gasteiger partial charge in [-0.2, -0.15) is 0 Å². The van der Waals surface area contributed by atoms with E-state index in [9.17, 15) is 9.59 Å². The number of carbonyl (C=O) groups is 2. The third-order valence-corrected chi connectivity index (χ3v) is 6.41. The molecule has 31 heavy (non-hydrogen) atoms. The van der Waals surface area contributed by atoms with Crippen molar-refractivity contribution in [2.45, 2.75) is 167 Å². The van der Waals surface area contributed by atoms with Crippen molar-refractivity contribution in [3.63, 3.8) is 0 Å². The van der Waals surface area contributed by atoms with Gasteiger partial charge in [-0.05, 0) is 19.3 Å². The minimum absolute atomic E-state index is 0.317. The monoisotopic (exact) mass is 438 g/mol. The summed E-state index contributed by atoms with van der Waals surface area (Å²) in [6.45, 7) is 2.27. The van der Waals surface area contributed by atoms with E-state index in [1.165, 1.54) is 116 Å². The second kappa shape index (κ2) is 25.4. The molecule has 0 aromatic carbocycles. The van der Waals surface area contributed by atoms with Gasteiger partial charge in [0.2, 0.25) is 0 Å². The van der Waals surface area contributed by atoms with E-state index in [0.29, 0.717) is 12.2 Å². The molecular weight excluding hydrogens is 384 g/mol. The van der Waals surface area contributed by atoms with E-state index in [2.05, 4.69) is 6.92 Å². The molecule has 0 aliphatic heterocycles. The van der Waals surface area contributed by atoms with Crippen LogP contribution in [0.4, 0.5) is 0 Å². The lowest BCUT2D eigenvalue weighted by molar-refractivity contribution is -0.137. The zero-order valence-corrected chi connectivity index (χ0v) is 20.9. The van der Waals surface area contributed by atoms with Gasteiger partial charge in [0.15, 0.2) is 0 Å². The molecular formula is C28H54O3. The fraction of sp³-hybridized carbons (Fsp3) is 0.929. The minimum atomic E-state index is -0.674. The van der Waals surface area contributed by atoms with E-state index < -0.39 is 5.97 Å². The molecule has 0 radical (unpaired) electrons. The van der Waals surface area contributed by atoms with Gasteiger partial charge in [0.25, 0.3) is 0 Å². The van der Waals surface area contributed by atoms with Gasteiger partial charge in [-0.25, -0.2) is 0 Å². The zero-order chi connectivity index (χ0) is 22.8. The number of unbranched alkanes of at least 4 members (excludes halogenated alkanes) is 20. The Morgan fingerprint density at radius 2 is 0.677 bits per heavy atom. The lowest BCUT2D eigenvalue weighted by atomic mass is 10.0. The molecule has 0 amide bonds. The number of rotatable bonds is 26. The molecule has 0 saturated carbocycles. The molecule has 3 heteroatoms. The van der Waals surface area contributed by atoms with E-state index >= 15 is 0 Å². The highest BCUT2D eigenvalue weighted by Crippen LogP contribution is 2.15. The third kappa shape index (κ3) is 27.1. The first-order chi connectivity index (χ1) is 15.2. The van der Waals surface area contributed by atoms with Crippen LogP contribution < -0.4 is 0 Å². The minimum Gasteiger partial charge on any atom is -0.481 e. The molecule has 0 atom stereocenters. The van der Waals surface area contributed by atoms with Gasteiger partial charge in [-0.15, -0.1) is 0 Å². The number of hydrogen-bond acceptors (Lipinski definition) is 2. The van der Waals surface area contributed by atoms with Gasteiger partial charge in [0, 0.05) is 19.3 Å². The summed E-state index contributed by atoms with van der Waals surface area (Å²) in [7, 11) is 0. The number of ketones is 1. The zero-order valence-electron chi connectivity index (χ0n) is 20.9. The Hall–Kier alpha value is -0.860. The summed E-state index contributed by atoms with van der Waals surface area (Å²) in [6, 6.07) is 0. The Morgan fingerprint density at radius 3 is 0.968 bits per heavy atom. The smallest absolute Gasteiger partial charge is 0.303 e. The first-order valence-corrected chi connectivity index (χ1v) is 13.9. The number of carboxylic acid groups (broad SMARTS) is 1. The van der Waals surface area contributed by atoms with Crippen molar-refractivity contribution in [3.8, 4) is 0 Å². The summed E-state index contributed by atoms with van der Waals surface area (Å²) < 4.78 is 0. The molecule has 0 saturated heterocycles. The molecule has 1 N–H and O–H groups in total. The Bertz CT molecular complexity index is 392. The molecule has 0 spiro atoms. The Balaban J connectivity index is 3.16. The fourth-order valence-electron chi connectivity index (χ4n) is 4.30. The Morgan fingerprint density at radius 1 is 0.419 bits per heavy atom. The van der Waals surface area contributed by atoms with E-state index in [1.807, 2.05) is 0 Å². The van der Waals surface area contributed by atoms with Gasteiger partial charge in [-0.3, -0.25) is 9.59 Å². The molecule has 0 unspecified atom stereocenters. The Labute approximate surface area is 194 Å². The molecule has 3 nitrogen and oxygen atoms in total. The van der Waals surface area contributed by atoms with Crippen LogP contribution in [-0.4, -0.2) is 16.9 Å². The van der Waals surface area contributed by atoms with Crippen molar-refractivity contribution < 1.29 is 14.7 Å². The van der Waals surface area contributed by atoms with Gasteiger partial charge in [-0.1, -0.05) is 129 Å².